The standard InChI is InChI=1S/C12H16BrN/c1-9(2)11(8-14)6-10-4-3-5-12(13)7-10/h3-7,9H,8,14H2,1-2H3. The fourth-order valence-electron chi connectivity index (χ4n) is 1.27. The van der Waals surface area contributed by atoms with Gasteiger partial charge in [-0.3, -0.25) is 0 Å². The molecule has 0 heterocycles. The molecule has 0 saturated carbocycles. The zero-order valence-corrected chi connectivity index (χ0v) is 10.2. The summed E-state index contributed by atoms with van der Waals surface area (Å²) in [6.07, 6.45) is 2.16. The molecule has 0 saturated heterocycles. The number of hydrogen-bond acceptors (Lipinski definition) is 1. The molecule has 0 fully saturated rings. The molecule has 1 nitrogen and oxygen atoms in total. The first-order valence-corrected chi connectivity index (χ1v) is 5.59. The van der Waals surface area contributed by atoms with Crippen LogP contribution in [0.25, 0.3) is 6.08 Å². The highest BCUT2D eigenvalue weighted by molar-refractivity contribution is 9.10. The van der Waals surface area contributed by atoms with Crippen LogP contribution in [-0.4, -0.2) is 6.54 Å². The Morgan fingerprint density at radius 1 is 1.50 bits per heavy atom. The summed E-state index contributed by atoms with van der Waals surface area (Å²) < 4.78 is 1.10. The Labute approximate surface area is 94.1 Å². The molecule has 0 aliphatic rings. The molecular formula is C12H16BrN. The lowest BCUT2D eigenvalue weighted by molar-refractivity contribution is 0.752. The van der Waals surface area contributed by atoms with Gasteiger partial charge in [0.1, 0.15) is 0 Å². The van der Waals surface area contributed by atoms with Crippen LogP contribution in [0.15, 0.2) is 34.3 Å². The molecule has 14 heavy (non-hydrogen) atoms. The summed E-state index contributed by atoms with van der Waals surface area (Å²) in [5.41, 5.74) is 8.16. The third kappa shape index (κ3) is 3.28. The molecule has 1 aromatic rings. The van der Waals surface area contributed by atoms with Crippen LogP contribution in [0.3, 0.4) is 0 Å². The third-order valence-corrected chi connectivity index (χ3v) is 2.67. The smallest absolute Gasteiger partial charge is 0.0181 e. The van der Waals surface area contributed by atoms with Crippen LogP contribution in [-0.2, 0) is 0 Å². The lowest BCUT2D eigenvalue weighted by Gasteiger charge is -2.08. The predicted molar refractivity (Wildman–Crippen MR) is 66.0 cm³/mol. The second kappa shape index (κ2) is 5.32. The average Bonchev–Trinajstić information content (AvgIpc) is 2.14. The molecule has 0 bridgehead atoms. The van der Waals surface area contributed by atoms with Crippen molar-refractivity contribution < 1.29 is 0 Å². The van der Waals surface area contributed by atoms with Crippen LogP contribution >= 0.6 is 15.9 Å². The summed E-state index contributed by atoms with van der Waals surface area (Å²) in [5, 5.41) is 0. The lowest BCUT2D eigenvalue weighted by atomic mass is 10.0. The molecule has 0 aliphatic carbocycles. The maximum Gasteiger partial charge on any atom is 0.0181 e. The van der Waals surface area contributed by atoms with E-state index in [-0.39, 0.29) is 0 Å². The van der Waals surface area contributed by atoms with E-state index >= 15 is 0 Å². The predicted octanol–water partition coefficient (Wildman–Crippen LogP) is 3.45. The van der Waals surface area contributed by atoms with Crippen LogP contribution in [0.5, 0.6) is 0 Å². The minimum atomic E-state index is 0.513. The summed E-state index contributed by atoms with van der Waals surface area (Å²) in [7, 11) is 0. The van der Waals surface area contributed by atoms with Gasteiger partial charge in [0.05, 0.1) is 0 Å². The van der Waals surface area contributed by atoms with Crippen molar-refractivity contribution in [3.63, 3.8) is 0 Å². The Hall–Kier alpha value is -0.600. The van der Waals surface area contributed by atoms with E-state index in [2.05, 4.69) is 48.0 Å². The van der Waals surface area contributed by atoms with Crippen molar-refractivity contribution in [2.45, 2.75) is 13.8 Å². The number of halogens is 1. The van der Waals surface area contributed by atoms with Gasteiger partial charge in [-0.2, -0.15) is 0 Å². The fraction of sp³-hybridized carbons (Fsp3) is 0.333. The Morgan fingerprint density at radius 2 is 2.21 bits per heavy atom. The van der Waals surface area contributed by atoms with Gasteiger partial charge in [0, 0.05) is 11.0 Å². The van der Waals surface area contributed by atoms with Gasteiger partial charge in [0.25, 0.3) is 0 Å². The second-order valence-corrected chi connectivity index (χ2v) is 4.55. The van der Waals surface area contributed by atoms with Gasteiger partial charge in [0.2, 0.25) is 0 Å². The molecule has 0 spiro atoms. The van der Waals surface area contributed by atoms with Gasteiger partial charge in [-0.1, -0.05) is 53.6 Å². The molecule has 0 radical (unpaired) electrons. The minimum Gasteiger partial charge on any atom is -0.327 e. The normalized spacial score (nSPS) is 12.2. The van der Waals surface area contributed by atoms with E-state index in [4.69, 9.17) is 5.73 Å². The SMILES string of the molecule is CC(C)C(=Cc1cccc(Br)c1)CN. The Kier molecular flexibility index (Phi) is 4.36. The molecule has 1 rings (SSSR count). The molecule has 0 aliphatic heterocycles. The highest BCUT2D eigenvalue weighted by atomic mass is 79.9. The molecule has 0 atom stereocenters. The van der Waals surface area contributed by atoms with Crippen molar-refractivity contribution in [1.82, 2.24) is 0 Å². The highest BCUT2D eigenvalue weighted by Crippen LogP contribution is 2.17. The van der Waals surface area contributed by atoms with Crippen LogP contribution in [0, 0.1) is 5.92 Å². The first kappa shape index (κ1) is 11.5. The van der Waals surface area contributed by atoms with Crippen LogP contribution in [0.1, 0.15) is 19.4 Å². The van der Waals surface area contributed by atoms with Crippen molar-refractivity contribution in [3.05, 3.63) is 39.9 Å². The lowest BCUT2D eigenvalue weighted by Crippen LogP contribution is -2.08. The van der Waals surface area contributed by atoms with E-state index in [0.29, 0.717) is 12.5 Å². The summed E-state index contributed by atoms with van der Waals surface area (Å²) in [6, 6.07) is 8.24. The van der Waals surface area contributed by atoms with Gasteiger partial charge in [-0.05, 0) is 23.6 Å². The Balaban J connectivity index is 2.94. The van der Waals surface area contributed by atoms with Crippen LogP contribution in [0.4, 0.5) is 0 Å². The molecular weight excluding hydrogens is 238 g/mol. The number of hydrogen-bond donors (Lipinski definition) is 1. The highest BCUT2D eigenvalue weighted by Gasteiger charge is 2.00. The van der Waals surface area contributed by atoms with Crippen LogP contribution in [0.2, 0.25) is 0 Å². The zero-order valence-electron chi connectivity index (χ0n) is 8.63. The quantitative estimate of drug-likeness (QED) is 0.878. The van der Waals surface area contributed by atoms with Gasteiger partial charge < -0.3 is 5.73 Å². The van der Waals surface area contributed by atoms with Gasteiger partial charge in [-0.15, -0.1) is 0 Å². The molecule has 76 valence electrons. The van der Waals surface area contributed by atoms with E-state index in [0.717, 1.165) is 4.47 Å². The summed E-state index contributed by atoms with van der Waals surface area (Å²) in [6.45, 7) is 4.96. The van der Waals surface area contributed by atoms with Crippen molar-refractivity contribution in [2.24, 2.45) is 11.7 Å². The fourth-order valence-corrected chi connectivity index (χ4v) is 1.69. The average molecular weight is 254 g/mol. The zero-order chi connectivity index (χ0) is 10.6. The number of benzene rings is 1. The third-order valence-electron chi connectivity index (χ3n) is 2.18. The van der Waals surface area contributed by atoms with Crippen molar-refractivity contribution >= 4 is 22.0 Å². The molecule has 0 aromatic heterocycles. The molecule has 1 aromatic carbocycles. The molecule has 2 heteroatoms. The summed E-state index contributed by atoms with van der Waals surface area (Å²) in [5.74, 6) is 0.513. The van der Waals surface area contributed by atoms with E-state index in [1.165, 1.54) is 11.1 Å². The minimum absolute atomic E-state index is 0.513. The second-order valence-electron chi connectivity index (χ2n) is 3.63. The van der Waals surface area contributed by atoms with Gasteiger partial charge in [0.15, 0.2) is 0 Å². The monoisotopic (exact) mass is 253 g/mol. The first-order chi connectivity index (χ1) is 6.63. The maximum atomic E-state index is 5.68. The maximum absolute atomic E-state index is 5.68. The topological polar surface area (TPSA) is 26.0 Å². The Bertz CT molecular complexity index is 329. The Morgan fingerprint density at radius 3 is 2.71 bits per heavy atom. The molecule has 2 N–H and O–H groups in total. The van der Waals surface area contributed by atoms with Gasteiger partial charge >= 0.3 is 0 Å². The number of nitrogens with two attached hydrogens (primary N) is 1. The summed E-state index contributed by atoms with van der Waals surface area (Å²) in [4.78, 5) is 0. The van der Waals surface area contributed by atoms with E-state index in [9.17, 15) is 0 Å². The van der Waals surface area contributed by atoms with E-state index in [1.54, 1.807) is 0 Å². The van der Waals surface area contributed by atoms with Crippen molar-refractivity contribution in [2.75, 3.05) is 6.54 Å². The van der Waals surface area contributed by atoms with E-state index < -0.39 is 0 Å². The van der Waals surface area contributed by atoms with Crippen molar-refractivity contribution in [3.8, 4) is 0 Å². The van der Waals surface area contributed by atoms with Crippen LogP contribution < -0.4 is 5.73 Å². The molecule has 0 amide bonds. The largest absolute Gasteiger partial charge is 0.327 e. The van der Waals surface area contributed by atoms with Crippen molar-refractivity contribution in [1.29, 1.82) is 0 Å². The number of rotatable bonds is 3. The first-order valence-electron chi connectivity index (χ1n) is 4.79. The molecule has 0 unspecified atom stereocenters. The van der Waals surface area contributed by atoms with Gasteiger partial charge in [-0.25, -0.2) is 0 Å². The van der Waals surface area contributed by atoms with E-state index in [1.807, 2.05) is 12.1 Å². The summed E-state index contributed by atoms with van der Waals surface area (Å²) >= 11 is 3.45.